The highest BCUT2D eigenvalue weighted by Crippen LogP contribution is 2.58. The molecule has 5 aliphatic rings. The molecule has 4 aliphatic carbocycles. The van der Waals surface area contributed by atoms with Crippen LogP contribution in [0.3, 0.4) is 0 Å². The zero-order valence-corrected chi connectivity index (χ0v) is 31.6. The standard InChI is InChI=1S/C42H57N5O4/c1-7-34-15-23-45(34)39(49)51-35-11-8-30(9-12-35)38(48)46(37-25-31(14-22-43-37)32-26-44-47(27-32)40(3,4)5)28-41-16-19-42(20-17-41,21-18-41)33-10-13-36(50-6)29(2)24-33/h10,13-14,22,24-27,30,34-35H,7-9,11-12,15-21,23,28H2,1-6H3/t30?,34-,35?,41?,42?/m1/s1. The average Bonchev–Trinajstić information content (AvgIpc) is 3.63. The molecule has 1 aliphatic heterocycles. The molecule has 0 spiro atoms. The Balaban J connectivity index is 1.10. The van der Waals surface area contributed by atoms with E-state index in [1.54, 1.807) is 7.11 Å². The fraction of sp³-hybridized carbons (Fsp3) is 0.619. The molecule has 8 rings (SSSR count). The van der Waals surface area contributed by atoms with E-state index in [4.69, 9.17) is 14.5 Å². The number of aryl methyl sites for hydroxylation is 1. The summed E-state index contributed by atoms with van der Waals surface area (Å²) in [5, 5.41) is 4.64. The lowest BCUT2D eigenvalue weighted by molar-refractivity contribution is -0.124. The van der Waals surface area contributed by atoms with Crippen molar-refractivity contribution in [3.63, 3.8) is 0 Å². The highest BCUT2D eigenvalue weighted by Gasteiger charge is 2.51. The van der Waals surface area contributed by atoms with Gasteiger partial charge >= 0.3 is 6.09 Å². The van der Waals surface area contributed by atoms with E-state index in [0.29, 0.717) is 12.6 Å². The molecular formula is C42H57N5O4. The van der Waals surface area contributed by atoms with Crippen molar-refractivity contribution < 1.29 is 19.1 Å². The van der Waals surface area contributed by atoms with Gasteiger partial charge in [-0.05, 0) is 150 Å². The molecule has 2 aromatic heterocycles. The van der Waals surface area contributed by atoms with Gasteiger partial charge in [-0.1, -0.05) is 19.1 Å². The molecule has 2 amide bonds. The third kappa shape index (κ3) is 7.02. The molecule has 0 radical (unpaired) electrons. The highest BCUT2D eigenvalue weighted by atomic mass is 16.6. The number of fused-ring (bicyclic) bond motifs is 3. The number of hydrogen-bond donors (Lipinski definition) is 0. The minimum atomic E-state index is -0.185. The largest absolute Gasteiger partial charge is 0.496 e. The summed E-state index contributed by atoms with van der Waals surface area (Å²) in [5.74, 6) is 1.71. The molecule has 3 aromatic rings. The van der Waals surface area contributed by atoms with Crippen molar-refractivity contribution in [2.24, 2.45) is 11.3 Å². The maximum Gasteiger partial charge on any atom is 0.410 e. The number of carbonyl (C=O) groups excluding carboxylic acids is 2. The minimum absolute atomic E-state index is 0.0630. The van der Waals surface area contributed by atoms with Gasteiger partial charge in [0.25, 0.3) is 0 Å². The van der Waals surface area contributed by atoms with Gasteiger partial charge in [0.2, 0.25) is 5.91 Å². The average molecular weight is 696 g/mol. The van der Waals surface area contributed by atoms with Crippen LogP contribution in [-0.2, 0) is 20.5 Å². The van der Waals surface area contributed by atoms with Crippen molar-refractivity contribution in [2.45, 2.75) is 135 Å². The molecule has 1 saturated heterocycles. The molecule has 1 atom stereocenters. The number of hydrogen-bond acceptors (Lipinski definition) is 6. The van der Waals surface area contributed by atoms with Crippen LogP contribution in [0.25, 0.3) is 11.1 Å². The maximum atomic E-state index is 14.7. The molecule has 5 fully saturated rings. The molecule has 4 saturated carbocycles. The molecular weight excluding hydrogens is 638 g/mol. The van der Waals surface area contributed by atoms with Crippen molar-refractivity contribution in [3.8, 4) is 16.9 Å². The lowest BCUT2D eigenvalue weighted by Crippen LogP contribution is -2.52. The zero-order chi connectivity index (χ0) is 36.0. The summed E-state index contributed by atoms with van der Waals surface area (Å²) in [6, 6.07) is 11.1. The number of pyridine rings is 1. The second-order valence-electron chi connectivity index (χ2n) is 17.0. The first kappa shape index (κ1) is 35.5. The summed E-state index contributed by atoms with van der Waals surface area (Å²) < 4.78 is 13.5. The van der Waals surface area contributed by atoms with E-state index in [2.05, 4.69) is 70.2 Å². The van der Waals surface area contributed by atoms with Gasteiger partial charge in [-0.3, -0.25) is 14.4 Å². The van der Waals surface area contributed by atoms with Crippen molar-refractivity contribution in [1.82, 2.24) is 19.7 Å². The Bertz CT molecular complexity index is 1710. The Morgan fingerprint density at radius 2 is 1.69 bits per heavy atom. The smallest absolute Gasteiger partial charge is 0.410 e. The van der Waals surface area contributed by atoms with Crippen LogP contribution in [0.2, 0.25) is 0 Å². The minimum Gasteiger partial charge on any atom is -0.496 e. The Labute approximate surface area is 304 Å². The van der Waals surface area contributed by atoms with Gasteiger partial charge in [0.1, 0.15) is 17.7 Å². The van der Waals surface area contributed by atoms with Crippen LogP contribution in [0.5, 0.6) is 5.75 Å². The number of likely N-dealkylation sites (tertiary alicyclic amines) is 1. The maximum absolute atomic E-state index is 14.7. The van der Waals surface area contributed by atoms with Crippen molar-refractivity contribution in [1.29, 1.82) is 0 Å². The molecule has 9 heteroatoms. The van der Waals surface area contributed by atoms with Crippen LogP contribution in [0.4, 0.5) is 10.6 Å². The first-order valence-electron chi connectivity index (χ1n) is 19.4. The summed E-state index contributed by atoms with van der Waals surface area (Å²) in [6.45, 7) is 12.2. The third-order valence-electron chi connectivity index (χ3n) is 12.9. The third-order valence-corrected chi connectivity index (χ3v) is 12.9. The fourth-order valence-electron chi connectivity index (χ4n) is 9.30. The van der Waals surface area contributed by atoms with E-state index in [9.17, 15) is 9.59 Å². The molecule has 9 nitrogen and oxygen atoms in total. The number of nitrogens with zero attached hydrogens (tertiary/aromatic N) is 5. The van der Waals surface area contributed by atoms with E-state index in [-0.39, 0.29) is 40.4 Å². The summed E-state index contributed by atoms with van der Waals surface area (Å²) in [7, 11) is 1.74. The van der Waals surface area contributed by atoms with Crippen LogP contribution in [0.1, 0.15) is 116 Å². The second kappa shape index (κ2) is 13.9. The Hall–Kier alpha value is -3.88. The summed E-state index contributed by atoms with van der Waals surface area (Å²) in [6.07, 6.45) is 17.1. The Morgan fingerprint density at radius 1 is 0.961 bits per heavy atom. The van der Waals surface area contributed by atoms with Gasteiger partial charge in [-0.15, -0.1) is 0 Å². The van der Waals surface area contributed by atoms with Gasteiger partial charge in [0.05, 0.1) is 18.8 Å². The topological polar surface area (TPSA) is 89.8 Å². The first-order chi connectivity index (χ1) is 24.4. The predicted molar refractivity (Wildman–Crippen MR) is 200 cm³/mol. The summed E-state index contributed by atoms with van der Waals surface area (Å²) >= 11 is 0. The van der Waals surface area contributed by atoms with E-state index >= 15 is 0 Å². The van der Waals surface area contributed by atoms with Crippen LogP contribution in [0, 0.1) is 18.3 Å². The van der Waals surface area contributed by atoms with Gasteiger partial charge in [0.15, 0.2) is 0 Å². The summed E-state index contributed by atoms with van der Waals surface area (Å²) in [5.41, 5.74) is 4.79. The Kier molecular flexibility index (Phi) is 9.70. The first-order valence-corrected chi connectivity index (χ1v) is 19.4. The van der Waals surface area contributed by atoms with Crippen molar-refractivity contribution in [3.05, 3.63) is 60.0 Å². The number of rotatable bonds is 9. The van der Waals surface area contributed by atoms with Crippen molar-refractivity contribution >= 4 is 17.8 Å². The van der Waals surface area contributed by atoms with Crippen LogP contribution in [0.15, 0.2) is 48.9 Å². The SMILES string of the molecule is CC[C@@H]1CCN1C(=O)OC1CCC(C(=O)N(CC23CCC(c4ccc(OC)c(C)c4)(CC2)CC3)c2cc(-c3cnn(C(C)(C)C)c3)ccn2)CC1. The lowest BCUT2D eigenvalue weighted by Gasteiger charge is -2.55. The van der Waals surface area contributed by atoms with Crippen molar-refractivity contribution in [2.75, 3.05) is 25.1 Å². The van der Waals surface area contributed by atoms with E-state index in [1.807, 2.05) is 32.9 Å². The molecule has 0 N–H and O–H groups in total. The highest BCUT2D eigenvalue weighted by molar-refractivity contribution is 5.95. The van der Waals surface area contributed by atoms with Crippen LogP contribution < -0.4 is 9.64 Å². The van der Waals surface area contributed by atoms with E-state index in [0.717, 1.165) is 106 Å². The number of benzene rings is 1. The van der Waals surface area contributed by atoms with Gasteiger partial charge in [-0.2, -0.15) is 5.10 Å². The number of ether oxygens (including phenoxy) is 2. The zero-order valence-electron chi connectivity index (χ0n) is 31.6. The van der Waals surface area contributed by atoms with Crippen LogP contribution in [-0.4, -0.2) is 64.0 Å². The number of carbonyl (C=O) groups is 2. The summed E-state index contributed by atoms with van der Waals surface area (Å²) in [4.78, 5) is 36.3. The number of anilines is 1. The van der Waals surface area contributed by atoms with Gasteiger partial charge < -0.3 is 14.4 Å². The van der Waals surface area contributed by atoms with E-state index in [1.165, 1.54) is 11.1 Å². The second-order valence-corrected chi connectivity index (χ2v) is 17.0. The Morgan fingerprint density at radius 3 is 2.27 bits per heavy atom. The monoisotopic (exact) mass is 695 g/mol. The molecule has 274 valence electrons. The van der Waals surface area contributed by atoms with E-state index < -0.39 is 0 Å². The molecule has 3 heterocycles. The number of aromatic nitrogens is 3. The number of methoxy groups -OCH3 is 1. The molecule has 1 aromatic carbocycles. The molecule has 2 bridgehead atoms. The fourth-order valence-corrected chi connectivity index (χ4v) is 9.30. The predicted octanol–water partition coefficient (Wildman–Crippen LogP) is 8.82. The number of amides is 2. The van der Waals surface area contributed by atoms with Gasteiger partial charge in [0, 0.05) is 43.0 Å². The molecule has 51 heavy (non-hydrogen) atoms. The molecule has 0 unspecified atom stereocenters. The normalized spacial score (nSPS) is 27.5. The quantitative estimate of drug-likeness (QED) is 0.222. The van der Waals surface area contributed by atoms with Crippen LogP contribution >= 0.6 is 0 Å². The van der Waals surface area contributed by atoms with Gasteiger partial charge in [-0.25, -0.2) is 9.78 Å². The lowest BCUT2D eigenvalue weighted by atomic mass is 9.51.